The molecule has 1 aliphatic carbocycles. The van der Waals surface area contributed by atoms with Gasteiger partial charge in [0.2, 0.25) is 5.95 Å². The third kappa shape index (κ3) is 3.77. The Bertz CT molecular complexity index is 878. The molecule has 0 atom stereocenters. The molecule has 0 bridgehead atoms. The SMILES string of the molecule is CS(=O)(=O)c1ccc(Nc2nnc(C(N)=O)c(NC3CC3)n2)cc1. The van der Waals surface area contributed by atoms with Gasteiger partial charge in [-0.2, -0.15) is 4.98 Å². The fourth-order valence-corrected chi connectivity index (χ4v) is 2.61. The molecule has 0 radical (unpaired) electrons. The minimum Gasteiger partial charge on any atom is -0.365 e. The van der Waals surface area contributed by atoms with Gasteiger partial charge in [-0.15, -0.1) is 10.2 Å². The predicted molar refractivity (Wildman–Crippen MR) is 87.8 cm³/mol. The molecule has 3 rings (SSSR count). The van der Waals surface area contributed by atoms with Crippen molar-refractivity contribution in [2.24, 2.45) is 5.73 Å². The topological polar surface area (TPSA) is 140 Å². The lowest BCUT2D eigenvalue weighted by Gasteiger charge is -2.10. The number of hydrogen-bond acceptors (Lipinski definition) is 8. The zero-order valence-corrected chi connectivity index (χ0v) is 13.7. The first-order valence-electron chi connectivity index (χ1n) is 7.21. The summed E-state index contributed by atoms with van der Waals surface area (Å²) in [6, 6.07) is 6.41. The minimum atomic E-state index is -3.25. The number of nitrogens with one attached hydrogen (secondary N) is 2. The van der Waals surface area contributed by atoms with Crippen LogP contribution in [0.25, 0.3) is 0 Å². The van der Waals surface area contributed by atoms with Crippen molar-refractivity contribution in [1.82, 2.24) is 15.2 Å². The van der Waals surface area contributed by atoms with Crippen LogP contribution in [-0.2, 0) is 9.84 Å². The minimum absolute atomic E-state index is 0.0140. The number of carbonyl (C=O) groups is 1. The zero-order chi connectivity index (χ0) is 17.3. The Morgan fingerprint density at radius 2 is 1.88 bits per heavy atom. The fourth-order valence-electron chi connectivity index (χ4n) is 1.98. The summed E-state index contributed by atoms with van der Waals surface area (Å²) in [4.78, 5) is 15.8. The van der Waals surface area contributed by atoms with E-state index in [0.717, 1.165) is 19.1 Å². The number of benzene rings is 1. The second-order valence-corrected chi connectivity index (χ2v) is 7.55. The predicted octanol–water partition coefficient (Wildman–Crippen LogP) is 0.692. The molecule has 0 saturated heterocycles. The standard InChI is InChI=1S/C14H16N6O3S/c1-24(22,23)10-6-4-9(5-7-10)17-14-18-13(16-8-2-3-8)11(12(15)21)19-20-14/h4-8H,2-3H2,1H3,(H2,15,21)(H2,16,17,18,20). The number of primary amides is 1. The second-order valence-electron chi connectivity index (χ2n) is 5.54. The monoisotopic (exact) mass is 348 g/mol. The molecule has 9 nitrogen and oxygen atoms in total. The number of carbonyl (C=O) groups excluding carboxylic acids is 1. The number of rotatable bonds is 6. The summed E-state index contributed by atoms with van der Waals surface area (Å²) >= 11 is 0. The number of amides is 1. The second kappa shape index (κ2) is 6.04. The van der Waals surface area contributed by atoms with Gasteiger partial charge in [-0.05, 0) is 37.1 Å². The Morgan fingerprint density at radius 1 is 1.21 bits per heavy atom. The first kappa shape index (κ1) is 16.1. The van der Waals surface area contributed by atoms with Crippen molar-refractivity contribution < 1.29 is 13.2 Å². The van der Waals surface area contributed by atoms with Crippen LogP contribution in [0, 0.1) is 0 Å². The van der Waals surface area contributed by atoms with Crippen LogP contribution in [-0.4, -0.2) is 41.8 Å². The van der Waals surface area contributed by atoms with Gasteiger partial charge in [-0.1, -0.05) is 0 Å². The third-order valence-electron chi connectivity index (χ3n) is 3.38. The van der Waals surface area contributed by atoms with Gasteiger partial charge in [0.25, 0.3) is 5.91 Å². The molecule has 1 aromatic carbocycles. The maximum Gasteiger partial charge on any atom is 0.273 e. The van der Waals surface area contributed by atoms with Gasteiger partial charge in [-0.25, -0.2) is 8.42 Å². The number of aromatic nitrogens is 3. The van der Waals surface area contributed by atoms with Crippen molar-refractivity contribution in [3.8, 4) is 0 Å². The first-order chi connectivity index (χ1) is 11.3. The summed E-state index contributed by atoms with van der Waals surface area (Å²) in [5.74, 6) is -0.243. The first-order valence-corrected chi connectivity index (χ1v) is 9.10. The van der Waals surface area contributed by atoms with Gasteiger partial charge < -0.3 is 16.4 Å². The van der Waals surface area contributed by atoms with Crippen LogP contribution in [0.5, 0.6) is 0 Å². The van der Waals surface area contributed by atoms with E-state index in [1.165, 1.54) is 12.1 Å². The smallest absolute Gasteiger partial charge is 0.273 e. The van der Waals surface area contributed by atoms with Gasteiger partial charge in [-0.3, -0.25) is 4.79 Å². The highest BCUT2D eigenvalue weighted by Crippen LogP contribution is 2.25. The molecule has 0 aliphatic heterocycles. The van der Waals surface area contributed by atoms with E-state index in [0.29, 0.717) is 5.69 Å². The van der Waals surface area contributed by atoms with Crippen molar-refractivity contribution >= 4 is 33.2 Å². The van der Waals surface area contributed by atoms with Gasteiger partial charge in [0, 0.05) is 18.0 Å². The number of hydrogen-bond donors (Lipinski definition) is 3. The summed E-state index contributed by atoms with van der Waals surface area (Å²) in [5, 5.41) is 13.6. The van der Waals surface area contributed by atoms with E-state index < -0.39 is 15.7 Å². The van der Waals surface area contributed by atoms with Gasteiger partial charge in [0.05, 0.1) is 4.90 Å². The number of anilines is 3. The normalized spacial score (nSPS) is 14.2. The molecule has 1 aliphatic rings. The number of nitrogens with two attached hydrogens (primary N) is 1. The molecule has 0 unspecified atom stereocenters. The van der Waals surface area contributed by atoms with Crippen LogP contribution < -0.4 is 16.4 Å². The Labute approximate surface area is 138 Å². The molecule has 24 heavy (non-hydrogen) atoms. The molecule has 0 spiro atoms. The largest absolute Gasteiger partial charge is 0.365 e. The van der Waals surface area contributed by atoms with Gasteiger partial charge >= 0.3 is 0 Å². The van der Waals surface area contributed by atoms with Crippen molar-refractivity contribution in [2.75, 3.05) is 16.9 Å². The maximum absolute atomic E-state index is 11.4. The van der Waals surface area contributed by atoms with Gasteiger partial charge in [0.15, 0.2) is 21.3 Å². The summed E-state index contributed by atoms with van der Waals surface area (Å²) in [7, 11) is -3.25. The lowest BCUT2D eigenvalue weighted by Crippen LogP contribution is -2.20. The van der Waals surface area contributed by atoms with Crippen molar-refractivity contribution in [2.45, 2.75) is 23.8 Å². The molecule has 1 fully saturated rings. The molecule has 10 heteroatoms. The summed E-state index contributed by atoms with van der Waals surface area (Å²) in [6.07, 6.45) is 3.14. The molecule has 4 N–H and O–H groups in total. The molecule has 2 aromatic rings. The van der Waals surface area contributed by atoms with E-state index >= 15 is 0 Å². The Balaban J connectivity index is 1.83. The van der Waals surface area contributed by atoms with Crippen LogP contribution in [0.4, 0.5) is 17.5 Å². The molecular weight excluding hydrogens is 332 g/mol. The highest BCUT2D eigenvalue weighted by molar-refractivity contribution is 7.90. The highest BCUT2D eigenvalue weighted by Gasteiger charge is 2.25. The maximum atomic E-state index is 11.4. The Kier molecular flexibility index (Phi) is 4.06. The van der Waals surface area contributed by atoms with Crippen LogP contribution in [0.15, 0.2) is 29.2 Å². The van der Waals surface area contributed by atoms with Crippen molar-refractivity contribution in [3.05, 3.63) is 30.0 Å². The van der Waals surface area contributed by atoms with E-state index in [4.69, 9.17) is 5.73 Å². The highest BCUT2D eigenvalue weighted by atomic mass is 32.2. The zero-order valence-electron chi connectivity index (χ0n) is 12.9. The summed E-state index contributed by atoms with van der Waals surface area (Å²) < 4.78 is 22.9. The average Bonchev–Trinajstić information content (AvgIpc) is 3.31. The lowest BCUT2D eigenvalue weighted by molar-refractivity contribution is 0.0995. The molecule has 1 amide bonds. The number of sulfone groups is 1. The Hall–Kier alpha value is -2.75. The van der Waals surface area contributed by atoms with Crippen LogP contribution in [0.1, 0.15) is 23.3 Å². The molecular formula is C14H16N6O3S. The van der Waals surface area contributed by atoms with E-state index in [9.17, 15) is 13.2 Å². The van der Waals surface area contributed by atoms with Gasteiger partial charge in [0.1, 0.15) is 0 Å². The number of nitrogens with zero attached hydrogens (tertiary/aromatic N) is 3. The van der Waals surface area contributed by atoms with E-state index in [-0.39, 0.29) is 28.4 Å². The van der Waals surface area contributed by atoms with Crippen molar-refractivity contribution in [3.63, 3.8) is 0 Å². The van der Waals surface area contributed by atoms with Crippen LogP contribution in [0.2, 0.25) is 0 Å². The van der Waals surface area contributed by atoms with Crippen LogP contribution >= 0.6 is 0 Å². The Morgan fingerprint density at radius 3 is 2.42 bits per heavy atom. The molecule has 1 heterocycles. The summed E-state index contributed by atoms with van der Waals surface area (Å²) in [5.41, 5.74) is 5.85. The summed E-state index contributed by atoms with van der Waals surface area (Å²) in [6.45, 7) is 0. The average molecular weight is 348 g/mol. The van der Waals surface area contributed by atoms with Crippen LogP contribution in [0.3, 0.4) is 0 Å². The molecule has 1 aromatic heterocycles. The van der Waals surface area contributed by atoms with E-state index in [1.54, 1.807) is 12.1 Å². The van der Waals surface area contributed by atoms with Crippen molar-refractivity contribution in [1.29, 1.82) is 0 Å². The molecule has 126 valence electrons. The quantitative estimate of drug-likeness (QED) is 0.692. The lowest BCUT2D eigenvalue weighted by atomic mass is 10.3. The fraction of sp³-hybridized carbons (Fsp3) is 0.286. The van der Waals surface area contributed by atoms with E-state index in [2.05, 4.69) is 25.8 Å². The molecule has 1 saturated carbocycles. The third-order valence-corrected chi connectivity index (χ3v) is 4.51. The van der Waals surface area contributed by atoms with E-state index in [1.807, 2.05) is 0 Å².